The quantitative estimate of drug-likeness (QED) is 0.894. The molecule has 0 spiro atoms. The van der Waals surface area contributed by atoms with Crippen molar-refractivity contribution >= 4 is 40.2 Å². The summed E-state index contributed by atoms with van der Waals surface area (Å²) in [5, 5.41) is 8.95. The van der Waals surface area contributed by atoms with Crippen LogP contribution in [0.2, 0.25) is 0 Å². The first kappa shape index (κ1) is 16.8. The molecule has 110 valence electrons. The number of rotatable bonds is 3. The highest BCUT2D eigenvalue weighted by Crippen LogP contribution is 2.26. The number of aliphatic carboxylic acids is 1. The van der Waals surface area contributed by atoms with Crippen molar-refractivity contribution in [3.63, 3.8) is 0 Å². The predicted molar refractivity (Wildman–Crippen MR) is 79.6 cm³/mol. The number of amides is 1. The molecule has 1 aliphatic heterocycles. The Kier molecular flexibility index (Phi) is 5.83. The van der Waals surface area contributed by atoms with E-state index in [1.54, 1.807) is 23.1 Å². The van der Waals surface area contributed by atoms with Crippen molar-refractivity contribution in [1.82, 2.24) is 4.90 Å². The van der Waals surface area contributed by atoms with Crippen LogP contribution in [0.1, 0.15) is 16.8 Å². The number of likely N-dealkylation sites (tertiary alicyclic amines) is 1. The van der Waals surface area contributed by atoms with E-state index in [-0.39, 0.29) is 24.9 Å². The summed E-state index contributed by atoms with van der Waals surface area (Å²) in [6.07, 6.45) is 0.503. The third-order valence-corrected chi connectivity index (χ3v) is 3.92. The minimum atomic E-state index is -0.847. The number of ether oxygens (including phenoxy) is 1. The van der Waals surface area contributed by atoms with Crippen LogP contribution in [-0.4, -0.2) is 42.1 Å². The van der Waals surface area contributed by atoms with Gasteiger partial charge in [0.2, 0.25) is 0 Å². The molecular formula is C13H15BrClNO4. The zero-order valence-electron chi connectivity index (χ0n) is 10.8. The summed E-state index contributed by atoms with van der Waals surface area (Å²) in [6.45, 7) is 0.733. The predicted octanol–water partition coefficient (Wildman–Crippen LogP) is 2.43. The van der Waals surface area contributed by atoms with Gasteiger partial charge in [0, 0.05) is 17.6 Å². The average molecular weight is 365 g/mol. The number of halogens is 2. The van der Waals surface area contributed by atoms with Crippen LogP contribution >= 0.6 is 28.3 Å². The van der Waals surface area contributed by atoms with Gasteiger partial charge in [0.05, 0.1) is 18.6 Å². The molecule has 0 aromatic heterocycles. The van der Waals surface area contributed by atoms with Gasteiger partial charge in [-0.15, -0.1) is 12.4 Å². The first-order valence-electron chi connectivity index (χ1n) is 5.88. The molecule has 1 saturated heterocycles. The summed E-state index contributed by atoms with van der Waals surface area (Å²) in [7, 11) is 1.54. The van der Waals surface area contributed by atoms with Crippen LogP contribution in [0.5, 0.6) is 5.75 Å². The van der Waals surface area contributed by atoms with E-state index >= 15 is 0 Å². The first-order valence-corrected chi connectivity index (χ1v) is 6.68. The molecule has 2 rings (SSSR count). The molecule has 1 fully saturated rings. The summed E-state index contributed by atoms with van der Waals surface area (Å²) in [6, 6.07) is 5.15. The maximum absolute atomic E-state index is 12.4. The lowest BCUT2D eigenvalue weighted by atomic mass is 10.1. The van der Waals surface area contributed by atoms with Gasteiger partial charge in [0.1, 0.15) is 5.75 Å². The summed E-state index contributed by atoms with van der Waals surface area (Å²) >= 11 is 3.33. The lowest BCUT2D eigenvalue weighted by Crippen LogP contribution is -2.30. The molecule has 0 radical (unpaired) electrons. The van der Waals surface area contributed by atoms with E-state index in [1.807, 2.05) is 0 Å². The Morgan fingerprint density at radius 2 is 2.15 bits per heavy atom. The topological polar surface area (TPSA) is 66.8 Å². The zero-order chi connectivity index (χ0) is 14.0. The number of carbonyl (C=O) groups is 2. The van der Waals surface area contributed by atoms with E-state index in [0.717, 1.165) is 0 Å². The third kappa shape index (κ3) is 3.43. The van der Waals surface area contributed by atoms with E-state index in [1.165, 1.54) is 7.11 Å². The number of carbonyl (C=O) groups excluding carboxylic acids is 1. The van der Waals surface area contributed by atoms with Crippen molar-refractivity contribution < 1.29 is 19.4 Å². The monoisotopic (exact) mass is 363 g/mol. The van der Waals surface area contributed by atoms with Gasteiger partial charge in [-0.1, -0.05) is 0 Å². The maximum Gasteiger partial charge on any atom is 0.308 e. The zero-order valence-corrected chi connectivity index (χ0v) is 13.2. The maximum atomic E-state index is 12.4. The Hall–Kier alpha value is -1.27. The third-order valence-electron chi connectivity index (χ3n) is 3.23. The van der Waals surface area contributed by atoms with Crippen molar-refractivity contribution in [3.8, 4) is 5.75 Å². The second-order valence-corrected chi connectivity index (χ2v) is 5.28. The molecule has 7 heteroatoms. The van der Waals surface area contributed by atoms with Gasteiger partial charge in [0.15, 0.2) is 0 Å². The smallest absolute Gasteiger partial charge is 0.308 e. The lowest BCUT2D eigenvalue weighted by Gasteiger charge is -2.17. The van der Waals surface area contributed by atoms with Crippen LogP contribution in [0, 0.1) is 5.92 Å². The van der Waals surface area contributed by atoms with E-state index < -0.39 is 11.9 Å². The van der Waals surface area contributed by atoms with Crippen LogP contribution in [0.4, 0.5) is 0 Å². The largest absolute Gasteiger partial charge is 0.497 e. The minimum absolute atomic E-state index is 0. The Morgan fingerprint density at radius 1 is 1.45 bits per heavy atom. The second kappa shape index (κ2) is 6.95. The van der Waals surface area contributed by atoms with Gasteiger partial charge in [-0.05, 0) is 40.5 Å². The fraction of sp³-hybridized carbons (Fsp3) is 0.385. The van der Waals surface area contributed by atoms with Gasteiger partial charge < -0.3 is 14.7 Å². The number of nitrogens with zero attached hydrogens (tertiary/aromatic N) is 1. The molecule has 5 nitrogen and oxygen atoms in total. The van der Waals surface area contributed by atoms with E-state index in [9.17, 15) is 9.59 Å². The molecule has 0 saturated carbocycles. The van der Waals surface area contributed by atoms with Gasteiger partial charge >= 0.3 is 5.97 Å². The number of carboxylic acids is 1. The summed E-state index contributed by atoms with van der Waals surface area (Å²) in [4.78, 5) is 24.8. The molecule has 20 heavy (non-hydrogen) atoms. The summed E-state index contributed by atoms with van der Waals surface area (Å²) in [5.74, 6) is -0.886. The molecule has 1 N–H and O–H groups in total. The van der Waals surface area contributed by atoms with Gasteiger partial charge in [-0.25, -0.2) is 0 Å². The number of carboxylic acid groups (broad SMARTS) is 1. The van der Waals surface area contributed by atoms with Gasteiger partial charge in [0.25, 0.3) is 5.91 Å². The molecule has 1 heterocycles. The highest BCUT2D eigenvalue weighted by Gasteiger charge is 2.31. The molecule has 0 bridgehead atoms. The summed E-state index contributed by atoms with van der Waals surface area (Å²) in [5.41, 5.74) is 0.491. The van der Waals surface area contributed by atoms with Crippen molar-refractivity contribution in [2.45, 2.75) is 6.42 Å². The van der Waals surface area contributed by atoms with Crippen LogP contribution < -0.4 is 4.74 Å². The van der Waals surface area contributed by atoms with Crippen molar-refractivity contribution in [3.05, 3.63) is 28.2 Å². The lowest BCUT2D eigenvalue weighted by molar-refractivity contribution is -0.141. The number of benzene rings is 1. The standard InChI is InChI=1S/C13H14BrNO4.ClH/c1-19-9-2-3-11(14)10(6-9)12(16)15-5-4-8(7-15)13(17)18;/h2-3,6,8H,4-5,7H2,1H3,(H,17,18);1H. The molecule has 1 aliphatic rings. The molecule has 1 aromatic rings. The normalized spacial score (nSPS) is 17.5. The molecule has 1 aromatic carbocycles. The van der Waals surface area contributed by atoms with Gasteiger partial charge in [-0.2, -0.15) is 0 Å². The minimum Gasteiger partial charge on any atom is -0.497 e. The van der Waals surface area contributed by atoms with Crippen molar-refractivity contribution in [2.75, 3.05) is 20.2 Å². The first-order chi connectivity index (χ1) is 9.02. The molecule has 0 aliphatic carbocycles. The molecule has 1 unspecified atom stereocenters. The van der Waals surface area contributed by atoms with E-state index in [2.05, 4.69) is 15.9 Å². The Bertz CT molecular complexity index is 523. The Morgan fingerprint density at radius 3 is 2.70 bits per heavy atom. The highest BCUT2D eigenvalue weighted by molar-refractivity contribution is 9.10. The molecule has 1 amide bonds. The summed E-state index contributed by atoms with van der Waals surface area (Å²) < 4.78 is 5.77. The molecular weight excluding hydrogens is 350 g/mol. The van der Waals surface area contributed by atoms with Crippen LogP contribution in [0.3, 0.4) is 0 Å². The number of hydrogen-bond donors (Lipinski definition) is 1. The fourth-order valence-electron chi connectivity index (χ4n) is 2.11. The van der Waals surface area contributed by atoms with Crippen molar-refractivity contribution in [2.24, 2.45) is 5.92 Å². The fourth-order valence-corrected chi connectivity index (χ4v) is 2.53. The van der Waals surface area contributed by atoms with Crippen LogP contribution in [-0.2, 0) is 4.79 Å². The number of hydrogen-bond acceptors (Lipinski definition) is 3. The second-order valence-electron chi connectivity index (χ2n) is 4.42. The Labute approximate surface area is 131 Å². The Balaban J connectivity index is 0.00000200. The van der Waals surface area contributed by atoms with Crippen LogP contribution in [0.25, 0.3) is 0 Å². The van der Waals surface area contributed by atoms with E-state index in [4.69, 9.17) is 9.84 Å². The highest BCUT2D eigenvalue weighted by atomic mass is 79.9. The molecule has 1 atom stereocenters. The average Bonchev–Trinajstić information content (AvgIpc) is 2.88. The van der Waals surface area contributed by atoms with Crippen molar-refractivity contribution in [1.29, 1.82) is 0 Å². The SMILES string of the molecule is COc1ccc(Br)c(C(=O)N2CCC(C(=O)O)C2)c1.Cl. The van der Waals surface area contributed by atoms with Crippen LogP contribution in [0.15, 0.2) is 22.7 Å². The van der Waals surface area contributed by atoms with Gasteiger partial charge in [-0.3, -0.25) is 9.59 Å². The van der Waals surface area contributed by atoms with E-state index in [0.29, 0.717) is 28.8 Å². The number of methoxy groups -OCH3 is 1.